The summed E-state index contributed by atoms with van der Waals surface area (Å²) in [6.45, 7) is -0.000880. The highest BCUT2D eigenvalue weighted by Gasteiger charge is 2.08. The van der Waals surface area contributed by atoms with E-state index < -0.39 is 0 Å². The molecule has 64 valence electrons. The van der Waals surface area contributed by atoms with Crippen LogP contribution in [-0.2, 0) is 0 Å². The molecule has 0 spiro atoms. The van der Waals surface area contributed by atoms with Crippen molar-refractivity contribution in [1.82, 2.24) is 0 Å². The molecule has 1 heterocycles. The minimum atomic E-state index is -0.241. The van der Waals surface area contributed by atoms with Gasteiger partial charge in [0, 0.05) is 9.35 Å². The second-order valence-electron chi connectivity index (χ2n) is 1.92. The Kier molecular flexibility index (Phi) is 5.29. The van der Waals surface area contributed by atoms with Gasteiger partial charge in [0.1, 0.15) is 0 Å². The fourth-order valence-electron chi connectivity index (χ4n) is 0.653. The van der Waals surface area contributed by atoms with Crippen molar-refractivity contribution in [1.29, 1.82) is 0 Å². The number of hydrogen-bond donors (Lipinski definition) is 2. The van der Waals surface area contributed by atoms with Gasteiger partial charge in [0.15, 0.2) is 0 Å². The molecule has 11 heavy (non-hydrogen) atoms. The third-order valence-electron chi connectivity index (χ3n) is 1.18. The van der Waals surface area contributed by atoms with E-state index in [1.807, 2.05) is 11.4 Å². The van der Waals surface area contributed by atoms with Gasteiger partial charge in [-0.1, -0.05) is 0 Å². The van der Waals surface area contributed by atoms with E-state index in [1.165, 1.54) is 0 Å². The summed E-state index contributed by atoms with van der Waals surface area (Å²) in [4.78, 5) is 1.00. The number of nitrogens with two attached hydrogens (primary N) is 1. The van der Waals surface area contributed by atoms with E-state index in [1.54, 1.807) is 11.3 Å². The predicted octanol–water partition coefficient (Wildman–Crippen LogP) is 1.92. The lowest BCUT2D eigenvalue weighted by atomic mass is 10.3. The third-order valence-corrected chi connectivity index (χ3v) is 3.18. The van der Waals surface area contributed by atoms with Gasteiger partial charge in [-0.25, -0.2) is 0 Å². The standard InChI is InChI=1S/C6H8BrNOS.ClH/c7-4-1-2-10-6(4)5(8)3-9;/h1-2,5,9H,3,8H2;1H/t5-;/m1./s1. The van der Waals surface area contributed by atoms with Gasteiger partial charge < -0.3 is 10.8 Å². The van der Waals surface area contributed by atoms with Gasteiger partial charge in [0.25, 0.3) is 0 Å². The summed E-state index contributed by atoms with van der Waals surface area (Å²) in [5.74, 6) is 0. The Morgan fingerprint density at radius 1 is 1.73 bits per heavy atom. The van der Waals surface area contributed by atoms with E-state index in [4.69, 9.17) is 10.8 Å². The molecular formula is C6H9BrClNOS. The molecule has 3 N–H and O–H groups in total. The molecule has 5 heteroatoms. The van der Waals surface area contributed by atoms with Crippen molar-refractivity contribution in [2.24, 2.45) is 5.73 Å². The molecule has 0 aliphatic rings. The molecule has 0 aliphatic heterocycles. The van der Waals surface area contributed by atoms with E-state index in [0.29, 0.717) is 0 Å². The van der Waals surface area contributed by atoms with Crippen LogP contribution >= 0.6 is 39.7 Å². The molecule has 0 radical (unpaired) electrons. The van der Waals surface area contributed by atoms with Crippen LogP contribution in [0.2, 0.25) is 0 Å². The summed E-state index contributed by atoms with van der Waals surface area (Å²) in [7, 11) is 0. The molecule has 1 rings (SSSR count). The number of rotatable bonds is 2. The second kappa shape index (κ2) is 5.11. The van der Waals surface area contributed by atoms with E-state index >= 15 is 0 Å². The first-order valence-corrected chi connectivity index (χ1v) is 4.52. The van der Waals surface area contributed by atoms with Crippen LogP contribution < -0.4 is 5.73 Å². The van der Waals surface area contributed by atoms with Crippen molar-refractivity contribution < 1.29 is 5.11 Å². The maximum Gasteiger partial charge on any atom is 0.0636 e. The monoisotopic (exact) mass is 257 g/mol. The van der Waals surface area contributed by atoms with Gasteiger partial charge in [-0.3, -0.25) is 0 Å². The third kappa shape index (κ3) is 2.72. The largest absolute Gasteiger partial charge is 0.394 e. The Hall–Kier alpha value is 0.390. The number of aliphatic hydroxyl groups is 1. The molecule has 0 fully saturated rings. The quantitative estimate of drug-likeness (QED) is 0.851. The van der Waals surface area contributed by atoms with Crippen LogP contribution in [0.3, 0.4) is 0 Å². The fraction of sp³-hybridized carbons (Fsp3) is 0.333. The van der Waals surface area contributed by atoms with Gasteiger partial charge in [-0.2, -0.15) is 0 Å². The Labute approximate surface area is 84.0 Å². The van der Waals surface area contributed by atoms with E-state index in [9.17, 15) is 0 Å². The van der Waals surface area contributed by atoms with Crippen LogP contribution in [0.5, 0.6) is 0 Å². The molecule has 0 unspecified atom stereocenters. The second-order valence-corrected chi connectivity index (χ2v) is 3.72. The molecule has 1 atom stereocenters. The van der Waals surface area contributed by atoms with Gasteiger partial charge >= 0.3 is 0 Å². The smallest absolute Gasteiger partial charge is 0.0636 e. The number of halogens is 2. The number of aliphatic hydroxyl groups excluding tert-OH is 1. The first-order valence-electron chi connectivity index (χ1n) is 2.85. The SMILES string of the molecule is Cl.N[C@H](CO)c1sccc1Br. The average Bonchev–Trinajstić information content (AvgIpc) is 2.34. The summed E-state index contributed by atoms with van der Waals surface area (Å²) >= 11 is 4.88. The van der Waals surface area contributed by atoms with Crippen LogP contribution in [-0.4, -0.2) is 11.7 Å². The topological polar surface area (TPSA) is 46.2 Å². The van der Waals surface area contributed by atoms with Gasteiger partial charge in [0.2, 0.25) is 0 Å². The zero-order valence-electron chi connectivity index (χ0n) is 5.66. The maximum absolute atomic E-state index is 8.69. The lowest BCUT2D eigenvalue weighted by molar-refractivity contribution is 0.269. The molecular weight excluding hydrogens is 249 g/mol. The first-order chi connectivity index (χ1) is 4.75. The Balaban J connectivity index is 0.000001000. The van der Waals surface area contributed by atoms with Crippen molar-refractivity contribution in [2.45, 2.75) is 6.04 Å². The van der Waals surface area contributed by atoms with Crippen LogP contribution in [0, 0.1) is 0 Å². The van der Waals surface area contributed by atoms with E-state index in [0.717, 1.165) is 9.35 Å². The van der Waals surface area contributed by atoms with Crippen LogP contribution in [0.4, 0.5) is 0 Å². The average molecular weight is 259 g/mol. The number of hydrogen-bond acceptors (Lipinski definition) is 3. The molecule has 0 amide bonds. The molecule has 0 bridgehead atoms. The van der Waals surface area contributed by atoms with Crippen molar-refractivity contribution in [2.75, 3.05) is 6.61 Å². The lowest BCUT2D eigenvalue weighted by Gasteiger charge is -2.04. The maximum atomic E-state index is 8.69. The Bertz CT molecular complexity index is 218. The van der Waals surface area contributed by atoms with Crippen molar-refractivity contribution >= 4 is 39.7 Å². The molecule has 2 nitrogen and oxygen atoms in total. The van der Waals surface area contributed by atoms with Crippen molar-refractivity contribution in [3.8, 4) is 0 Å². The van der Waals surface area contributed by atoms with Gasteiger partial charge in [-0.05, 0) is 27.4 Å². The Morgan fingerprint density at radius 2 is 2.36 bits per heavy atom. The molecule has 0 aliphatic carbocycles. The molecule has 0 saturated heterocycles. The predicted molar refractivity (Wildman–Crippen MR) is 53.3 cm³/mol. The fourth-order valence-corrected chi connectivity index (χ4v) is 2.32. The van der Waals surface area contributed by atoms with Crippen LogP contribution in [0.15, 0.2) is 15.9 Å². The van der Waals surface area contributed by atoms with Gasteiger partial charge in [-0.15, -0.1) is 23.7 Å². The molecule has 1 aromatic rings. The first kappa shape index (κ1) is 11.4. The molecule has 0 saturated carbocycles. The van der Waals surface area contributed by atoms with Crippen molar-refractivity contribution in [3.05, 3.63) is 20.8 Å². The van der Waals surface area contributed by atoms with Crippen LogP contribution in [0.1, 0.15) is 10.9 Å². The summed E-state index contributed by atoms with van der Waals surface area (Å²) in [5.41, 5.74) is 5.57. The number of thiophene rings is 1. The summed E-state index contributed by atoms with van der Waals surface area (Å²) in [6.07, 6.45) is 0. The van der Waals surface area contributed by atoms with E-state index in [2.05, 4.69) is 15.9 Å². The normalized spacial score (nSPS) is 12.3. The highest BCUT2D eigenvalue weighted by molar-refractivity contribution is 9.10. The highest BCUT2D eigenvalue weighted by Crippen LogP contribution is 2.27. The molecule has 1 aromatic heterocycles. The van der Waals surface area contributed by atoms with E-state index in [-0.39, 0.29) is 25.1 Å². The Morgan fingerprint density at radius 3 is 2.73 bits per heavy atom. The summed E-state index contributed by atoms with van der Waals surface area (Å²) < 4.78 is 0.985. The summed E-state index contributed by atoms with van der Waals surface area (Å²) in [5, 5.41) is 10.6. The highest BCUT2D eigenvalue weighted by atomic mass is 79.9. The van der Waals surface area contributed by atoms with Crippen molar-refractivity contribution in [3.63, 3.8) is 0 Å². The van der Waals surface area contributed by atoms with Gasteiger partial charge in [0.05, 0.1) is 12.6 Å². The minimum absolute atomic E-state index is 0. The summed E-state index contributed by atoms with van der Waals surface area (Å²) in [6, 6.07) is 1.68. The lowest BCUT2D eigenvalue weighted by Crippen LogP contribution is -2.13. The van der Waals surface area contributed by atoms with Crippen LogP contribution in [0.25, 0.3) is 0 Å². The zero-order chi connectivity index (χ0) is 7.56. The molecule has 0 aromatic carbocycles. The zero-order valence-corrected chi connectivity index (χ0v) is 8.88. The minimum Gasteiger partial charge on any atom is -0.394 e.